The molecule has 5 heteroatoms. The van der Waals surface area contributed by atoms with Gasteiger partial charge in [-0.2, -0.15) is 0 Å². The molecule has 3 nitrogen and oxygen atoms in total. The first-order valence-electron chi connectivity index (χ1n) is 7.36. The van der Waals surface area contributed by atoms with Crippen molar-refractivity contribution in [2.75, 3.05) is 13.2 Å². The molecule has 0 aliphatic carbocycles. The normalized spacial score (nSPS) is 10.4. The molecule has 2 aromatic rings. The van der Waals surface area contributed by atoms with Gasteiger partial charge < -0.3 is 10.1 Å². The number of benzene rings is 2. The molecule has 0 bridgehead atoms. The van der Waals surface area contributed by atoms with E-state index in [0.29, 0.717) is 23.7 Å². The van der Waals surface area contributed by atoms with Gasteiger partial charge in [-0.3, -0.25) is 4.79 Å². The van der Waals surface area contributed by atoms with E-state index in [1.807, 2.05) is 19.9 Å². The van der Waals surface area contributed by atoms with Crippen LogP contribution in [0.4, 0.5) is 4.39 Å². The largest absolute Gasteiger partial charge is 0.483 e. The number of nitrogens with one attached hydrogen (secondary N) is 1. The third kappa shape index (κ3) is 5.25. The zero-order valence-electron chi connectivity index (χ0n) is 13.2. The van der Waals surface area contributed by atoms with Gasteiger partial charge in [-0.15, -0.1) is 0 Å². The van der Waals surface area contributed by atoms with Crippen molar-refractivity contribution < 1.29 is 13.9 Å². The van der Waals surface area contributed by atoms with Crippen molar-refractivity contribution in [1.29, 1.82) is 0 Å². The van der Waals surface area contributed by atoms with Crippen LogP contribution >= 0.6 is 11.6 Å². The first-order chi connectivity index (χ1) is 11.0. The molecule has 0 atom stereocenters. The molecule has 0 aliphatic heterocycles. The van der Waals surface area contributed by atoms with E-state index >= 15 is 0 Å². The van der Waals surface area contributed by atoms with Crippen molar-refractivity contribution in [2.45, 2.75) is 20.3 Å². The van der Waals surface area contributed by atoms with Gasteiger partial charge in [0.25, 0.3) is 5.91 Å². The van der Waals surface area contributed by atoms with Crippen molar-refractivity contribution in [3.8, 4) is 5.75 Å². The predicted octanol–water partition coefficient (Wildman–Crippen LogP) is 3.83. The van der Waals surface area contributed by atoms with Gasteiger partial charge in [0.2, 0.25) is 0 Å². The fraction of sp³-hybridized carbons (Fsp3) is 0.278. The molecule has 0 spiro atoms. The van der Waals surface area contributed by atoms with Crippen molar-refractivity contribution >= 4 is 17.5 Å². The maximum absolute atomic E-state index is 13.0. The van der Waals surface area contributed by atoms with Crippen LogP contribution in [-0.2, 0) is 11.2 Å². The quantitative estimate of drug-likeness (QED) is 0.871. The summed E-state index contributed by atoms with van der Waals surface area (Å²) in [6.07, 6.45) is 0.572. The third-order valence-corrected chi connectivity index (χ3v) is 3.62. The Bertz CT molecular complexity index is 680. The van der Waals surface area contributed by atoms with Gasteiger partial charge >= 0.3 is 0 Å². The Morgan fingerprint density at radius 1 is 1.22 bits per heavy atom. The summed E-state index contributed by atoms with van der Waals surface area (Å²) in [4.78, 5) is 11.8. The Morgan fingerprint density at radius 2 is 1.91 bits per heavy atom. The summed E-state index contributed by atoms with van der Waals surface area (Å²) >= 11 is 5.96. The Labute approximate surface area is 140 Å². The lowest BCUT2D eigenvalue weighted by atomic mass is 10.1. The molecular weight excluding hydrogens is 317 g/mol. The first kappa shape index (κ1) is 17.3. The molecule has 122 valence electrons. The van der Waals surface area contributed by atoms with Crippen LogP contribution in [-0.4, -0.2) is 19.1 Å². The van der Waals surface area contributed by atoms with Crippen molar-refractivity contribution in [2.24, 2.45) is 0 Å². The molecule has 1 amide bonds. The molecular formula is C18H19ClFNO2. The number of hydrogen-bond acceptors (Lipinski definition) is 2. The second kappa shape index (κ2) is 7.97. The van der Waals surface area contributed by atoms with E-state index in [0.717, 1.165) is 16.7 Å². The van der Waals surface area contributed by atoms with Crippen LogP contribution in [0, 0.1) is 19.7 Å². The first-order valence-corrected chi connectivity index (χ1v) is 7.74. The van der Waals surface area contributed by atoms with E-state index in [1.165, 1.54) is 12.1 Å². The maximum Gasteiger partial charge on any atom is 0.257 e. The van der Waals surface area contributed by atoms with Crippen LogP contribution in [0.3, 0.4) is 0 Å². The topological polar surface area (TPSA) is 38.3 Å². The third-order valence-electron chi connectivity index (χ3n) is 3.40. The fourth-order valence-corrected chi connectivity index (χ4v) is 2.68. The smallest absolute Gasteiger partial charge is 0.257 e. The maximum atomic E-state index is 13.0. The summed E-state index contributed by atoms with van der Waals surface area (Å²) in [5.74, 6) is 0.190. The van der Waals surface area contributed by atoms with Gasteiger partial charge in [0.05, 0.1) is 0 Å². The summed E-state index contributed by atoms with van der Waals surface area (Å²) in [6, 6.07) is 9.93. The standard InChI is InChI=1S/C18H19ClFNO2/c1-12-8-15(19)9-13(2)18(12)23-11-17(22)21-7-6-14-4-3-5-16(20)10-14/h3-5,8-10H,6-7,11H2,1-2H3,(H,21,22). The van der Waals surface area contributed by atoms with Crippen LogP contribution in [0.15, 0.2) is 36.4 Å². The SMILES string of the molecule is Cc1cc(Cl)cc(C)c1OCC(=O)NCCc1cccc(F)c1. The molecule has 0 heterocycles. The number of halogens is 2. The van der Waals surface area contributed by atoms with Gasteiger partial charge in [-0.05, 0) is 61.2 Å². The van der Waals surface area contributed by atoms with E-state index in [1.54, 1.807) is 18.2 Å². The molecule has 2 rings (SSSR count). The lowest BCUT2D eigenvalue weighted by Crippen LogP contribution is -2.30. The van der Waals surface area contributed by atoms with Crippen LogP contribution in [0.2, 0.25) is 5.02 Å². The van der Waals surface area contributed by atoms with Gasteiger partial charge in [-0.1, -0.05) is 23.7 Å². The van der Waals surface area contributed by atoms with Crippen molar-refractivity contribution in [1.82, 2.24) is 5.32 Å². The minimum Gasteiger partial charge on any atom is -0.483 e. The number of hydrogen-bond donors (Lipinski definition) is 1. The summed E-state index contributed by atoms with van der Waals surface area (Å²) in [7, 11) is 0. The van der Waals surface area contributed by atoms with E-state index in [-0.39, 0.29) is 18.3 Å². The molecule has 0 saturated carbocycles. The molecule has 0 aromatic heterocycles. The van der Waals surface area contributed by atoms with Crippen LogP contribution in [0.5, 0.6) is 5.75 Å². The number of ether oxygens (including phenoxy) is 1. The Hall–Kier alpha value is -2.07. The van der Waals surface area contributed by atoms with Crippen molar-refractivity contribution in [3.63, 3.8) is 0 Å². The summed E-state index contributed by atoms with van der Waals surface area (Å²) in [6.45, 7) is 4.14. The Kier molecular flexibility index (Phi) is 5.99. The van der Waals surface area contributed by atoms with Gasteiger partial charge in [0.1, 0.15) is 11.6 Å². The van der Waals surface area contributed by atoms with Gasteiger partial charge in [0, 0.05) is 11.6 Å². The van der Waals surface area contributed by atoms with Gasteiger partial charge in [0.15, 0.2) is 6.61 Å². The Morgan fingerprint density at radius 3 is 2.57 bits per heavy atom. The highest BCUT2D eigenvalue weighted by Crippen LogP contribution is 2.26. The lowest BCUT2D eigenvalue weighted by molar-refractivity contribution is -0.123. The minimum absolute atomic E-state index is 0.0630. The second-order valence-corrected chi connectivity index (χ2v) is 5.82. The van der Waals surface area contributed by atoms with E-state index < -0.39 is 0 Å². The monoisotopic (exact) mass is 335 g/mol. The zero-order valence-corrected chi connectivity index (χ0v) is 13.9. The highest BCUT2D eigenvalue weighted by molar-refractivity contribution is 6.30. The average molecular weight is 336 g/mol. The Balaban J connectivity index is 1.79. The predicted molar refractivity (Wildman–Crippen MR) is 89.5 cm³/mol. The number of carbonyl (C=O) groups is 1. The molecule has 0 aliphatic rings. The molecule has 23 heavy (non-hydrogen) atoms. The van der Waals surface area contributed by atoms with Crippen molar-refractivity contribution in [3.05, 3.63) is 63.9 Å². The van der Waals surface area contributed by atoms with Crippen LogP contribution in [0.1, 0.15) is 16.7 Å². The number of carbonyl (C=O) groups excluding carboxylic acids is 1. The molecule has 0 unspecified atom stereocenters. The number of rotatable bonds is 6. The summed E-state index contributed by atoms with van der Waals surface area (Å²) in [5, 5.41) is 3.40. The average Bonchev–Trinajstić information content (AvgIpc) is 2.46. The fourth-order valence-electron chi connectivity index (χ4n) is 2.35. The summed E-state index contributed by atoms with van der Waals surface area (Å²) in [5.41, 5.74) is 2.63. The highest BCUT2D eigenvalue weighted by Gasteiger charge is 2.08. The van der Waals surface area contributed by atoms with Crippen LogP contribution < -0.4 is 10.1 Å². The molecule has 0 fully saturated rings. The molecule has 0 saturated heterocycles. The lowest BCUT2D eigenvalue weighted by Gasteiger charge is -2.12. The molecule has 1 N–H and O–H groups in total. The van der Waals surface area contributed by atoms with E-state index in [9.17, 15) is 9.18 Å². The zero-order chi connectivity index (χ0) is 16.8. The van der Waals surface area contributed by atoms with E-state index in [4.69, 9.17) is 16.3 Å². The summed E-state index contributed by atoms with van der Waals surface area (Å²) < 4.78 is 18.6. The minimum atomic E-state index is -0.272. The highest BCUT2D eigenvalue weighted by atomic mass is 35.5. The second-order valence-electron chi connectivity index (χ2n) is 5.39. The number of amides is 1. The molecule has 0 radical (unpaired) electrons. The van der Waals surface area contributed by atoms with Gasteiger partial charge in [-0.25, -0.2) is 4.39 Å². The number of aryl methyl sites for hydroxylation is 2. The molecule has 2 aromatic carbocycles. The van der Waals surface area contributed by atoms with Crippen LogP contribution in [0.25, 0.3) is 0 Å². The van der Waals surface area contributed by atoms with E-state index in [2.05, 4.69) is 5.32 Å².